The average Bonchev–Trinajstić information content (AvgIpc) is 3.56. The molecule has 5 rings (SSSR count). The van der Waals surface area contributed by atoms with Gasteiger partial charge in [0, 0.05) is 12.0 Å². The number of nitrogens with zero attached hydrogens (tertiary/aromatic N) is 1. The summed E-state index contributed by atoms with van der Waals surface area (Å²) in [6.07, 6.45) is 2.24. The van der Waals surface area contributed by atoms with E-state index in [1.165, 1.54) is 11.2 Å². The molecule has 2 aliphatic heterocycles. The zero-order valence-electron chi connectivity index (χ0n) is 18.1. The molecule has 3 heterocycles. The van der Waals surface area contributed by atoms with Crippen LogP contribution < -0.4 is 9.47 Å². The lowest BCUT2D eigenvalue weighted by Crippen LogP contribution is -2.29. The van der Waals surface area contributed by atoms with Crippen LogP contribution in [-0.2, 0) is 22.6 Å². The van der Waals surface area contributed by atoms with E-state index in [4.69, 9.17) is 13.9 Å². The number of likely N-dealkylation sites (tertiary alicyclic amines) is 1. The molecule has 0 saturated carbocycles. The summed E-state index contributed by atoms with van der Waals surface area (Å²) in [6.45, 7) is 3.04. The molecule has 1 fully saturated rings. The molecule has 7 nitrogen and oxygen atoms in total. The number of amides is 1. The second kappa shape index (κ2) is 8.50. The number of Topliss-reactive ketones (excluding diaryl/α,β-unsaturated/α-hetero) is 1. The fourth-order valence-electron chi connectivity index (χ4n) is 4.39. The predicted octanol–water partition coefficient (Wildman–Crippen LogP) is 4.24. The highest BCUT2D eigenvalue weighted by Crippen LogP contribution is 2.41. The van der Waals surface area contributed by atoms with E-state index in [1.54, 1.807) is 36.4 Å². The summed E-state index contributed by atoms with van der Waals surface area (Å²) in [5.41, 5.74) is 2.14. The van der Waals surface area contributed by atoms with E-state index in [2.05, 4.69) is 0 Å². The summed E-state index contributed by atoms with van der Waals surface area (Å²) in [6, 6.07) is 15.2. The smallest absolute Gasteiger partial charge is 0.296 e. The van der Waals surface area contributed by atoms with Crippen LogP contribution in [0.2, 0.25) is 0 Å². The highest BCUT2D eigenvalue weighted by Gasteiger charge is 2.46. The Kier molecular flexibility index (Phi) is 5.38. The Morgan fingerprint density at radius 3 is 2.82 bits per heavy atom. The van der Waals surface area contributed by atoms with Gasteiger partial charge in [0.15, 0.2) is 0 Å². The number of ketones is 1. The molecule has 7 heteroatoms. The van der Waals surface area contributed by atoms with Crippen molar-refractivity contribution in [2.75, 3.05) is 13.2 Å². The van der Waals surface area contributed by atoms with Gasteiger partial charge in [-0.1, -0.05) is 12.1 Å². The Labute approximate surface area is 190 Å². The molecule has 0 radical (unpaired) electrons. The second-order valence-corrected chi connectivity index (χ2v) is 7.93. The van der Waals surface area contributed by atoms with Crippen molar-refractivity contribution in [3.05, 3.63) is 88.9 Å². The third kappa shape index (κ3) is 3.75. The third-order valence-electron chi connectivity index (χ3n) is 5.89. The molecule has 3 aromatic rings. The topological polar surface area (TPSA) is 89.2 Å². The number of carbonyl (C=O) groups excluding carboxylic acids is 2. The number of hydrogen-bond acceptors (Lipinski definition) is 6. The van der Waals surface area contributed by atoms with Crippen LogP contribution in [0.25, 0.3) is 5.76 Å². The van der Waals surface area contributed by atoms with Crippen molar-refractivity contribution >= 4 is 17.4 Å². The summed E-state index contributed by atoms with van der Waals surface area (Å²) >= 11 is 0. The minimum absolute atomic E-state index is 0.0408. The second-order valence-electron chi connectivity index (χ2n) is 7.93. The summed E-state index contributed by atoms with van der Waals surface area (Å²) in [5, 5.41) is 11.3. The van der Waals surface area contributed by atoms with Crippen molar-refractivity contribution in [1.82, 2.24) is 4.90 Å². The predicted molar refractivity (Wildman–Crippen MR) is 120 cm³/mol. The Morgan fingerprint density at radius 2 is 2.03 bits per heavy atom. The van der Waals surface area contributed by atoms with Crippen LogP contribution in [-0.4, -0.2) is 34.9 Å². The molecule has 33 heavy (non-hydrogen) atoms. The number of aliphatic hydroxyl groups is 1. The Morgan fingerprint density at radius 1 is 1.15 bits per heavy atom. The monoisotopic (exact) mass is 445 g/mol. The molecule has 0 spiro atoms. The highest BCUT2D eigenvalue weighted by molar-refractivity contribution is 6.46. The maximum atomic E-state index is 13.2. The fourth-order valence-corrected chi connectivity index (χ4v) is 4.39. The van der Waals surface area contributed by atoms with Crippen LogP contribution in [0, 0.1) is 0 Å². The minimum atomic E-state index is -0.792. The Balaban J connectivity index is 1.64. The van der Waals surface area contributed by atoms with Gasteiger partial charge in [-0.3, -0.25) is 9.59 Å². The SMILES string of the molecule is CCOc1cccc(C2/C(=C(/O)c3ccc4c(c3)CCO4)C(=O)C(=O)N2Cc2ccco2)c1. The van der Waals surface area contributed by atoms with Crippen LogP contribution in [0.5, 0.6) is 11.5 Å². The molecular formula is C26H23NO6. The summed E-state index contributed by atoms with van der Waals surface area (Å²) in [4.78, 5) is 27.7. The number of carbonyl (C=O) groups is 2. The Hall–Kier alpha value is -4.00. The Bertz CT molecular complexity index is 1240. The summed E-state index contributed by atoms with van der Waals surface area (Å²) < 4.78 is 16.6. The van der Waals surface area contributed by atoms with Gasteiger partial charge < -0.3 is 23.9 Å². The molecular weight excluding hydrogens is 422 g/mol. The first-order chi connectivity index (χ1) is 16.1. The number of fused-ring (bicyclic) bond motifs is 1. The molecule has 2 aromatic carbocycles. The normalized spacial score (nSPS) is 18.9. The van der Waals surface area contributed by atoms with E-state index in [1.807, 2.05) is 25.1 Å². The van der Waals surface area contributed by atoms with Gasteiger partial charge in [-0.25, -0.2) is 0 Å². The minimum Gasteiger partial charge on any atom is -0.507 e. The summed E-state index contributed by atoms with van der Waals surface area (Å²) in [7, 11) is 0. The van der Waals surface area contributed by atoms with Gasteiger partial charge in [0.05, 0.1) is 37.6 Å². The van der Waals surface area contributed by atoms with E-state index in [0.29, 0.717) is 35.9 Å². The van der Waals surface area contributed by atoms with Crippen LogP contribution in [0.4, 0.5) is 0 Å². The van der Waals surface area contributed by atoms with Crippen molar-refractivity contribution < 1.29 is 28.6 Å². The van der Waals surface area contributed by atoms with E-state index >= 15 is 0 Å². The van der Waals surface area contributed by atoms with Crippen LogP contribution in [0.1, 0.15) is 35.4 Å². The van der Waals surface area contributed by atoms with E-state index in [0.717, 1.165) is 17.7 Å². The lowest BCUT2D eigenvalue weighted by molar-refractivity contribution is -0.140. The molecule has 168 valence electrons. The van der Waals surface area contributed by atoms with Gasteiger partial charge in [-0.2, -0.15) is 0 Å². The van der Waals surface area contributed by atoms with Crippen molar-refractivity contribution in [3.63, 3.8) is 0 Å². The van der Waals surface area contributed by atoms with Crippen molar-refractivity contribution in [2.24, 2.45) is 0 Å². The van der Waals surface area contributed by atoms with Crippen molar-refractivity contribution in [2.45, 2.75) is 25.9 Å². The van der Waals surface area contributed by atoms with Gasteiger partial charge in [0.1, 0.15) is 23.0 Å². The number of hydrogen-bond donors (Lipinski definition) is 1. The summed E-state index contributed by atoms with van der Waals surface area (Å²) in [5.74, 6) is 0.292. The quantitative estimate of drug-likeness (QED) is 0.347. The molecule has 1 atom stereocenters. The van der Waals surface area contributed by atoms with E-state index < -0.39 is 17.7 Å². The van der Waals surface area contributed by atoms with Gasteiger partial charge >= 0.3 is 0 Å². The van der Waals surface area contributed by atoms with Gasteiger partial charge in [-0.05, 0) is 60.5 Å². The number of aliphatic hydroxyl groups excluding tert-OH is 1. The highest BCUT2D eigenvalue weighted by atomic mass is 16.5. The largest absolute Gasteiger partial charge is 0.507 e. The maximum absolute atomic E-state index is 13.2. The molecule has 1 N–H and O–H groups in total. The van der Waals surface area contributed by atoms with E-state index in [9.17, 15) is 14.7 Å². The van der Waals surface area contributed by atoms with Crippen LogP contribution in [0.3, 0.4) is 0 Å². The standard InChI is InChI=1S/C26H23NO6/c1-2-31-19-6-3-5-17(14-19)23-22(24(28)18-8-9-21-16(13-18)10-12-33-21)25(29)26(30)27(23)15-20-7-4-11-32-20/h3-9,11,13-14,23,28H,2,10,12,15H2,1H3/b24-22-. The van der Waals surface area contributed by atoms with Gasteiger partial charge in [-0.15, -0.1) is 0 Å². The fraction of sp³-hybridized carbons (Fsp3) is 0.231. The van der Waals surface area contributed by atoms with E-state index in [-0.39, 0.29) is 17.9 Å². The third-order valence-corrected chi connectivity index (χ3v) is 5.89. The lowest BCUT2D eigenvalue weighted by Gasteiger charge is -2.25. The molecule has 1 saturated heterocycles. The molecule has 1 unspecified atom stereocenters. The van der Waals surface area contributed by atoms with Crippen LogP contribution >= 0.6 is 0 Å². The molecule has 0 bridgehead atoms. The molecule has 1 aromatic heterocycles. The number of rotatable bonds is 6. The van der Waals surface area contributed by atoms with Crippen molar-refractivity contribution in [3.8, 4) is 11.5 Å². The maximum Gasteiger partial charge on any atom is 0.296 e. The molecule has 0 aliphatic carbocycles. The number of furan rings is 1. The zero-order chi connectivity index (χ0) is 22.9. The average molecular weight is 445 g/mol. The first-order valence-corrected chi connectivity index (χ1v) is 10.9. The molecule has 1 amide bonds. The molecule has 2 aliphatic rings. The number of ether oxygens (including phenoxy) is 2. The van der Waals surface area contributed by atoms with Gasteiger partial charge in [0.25, 0.3) is 11.7 Å². The van der Waals surface area contributed by atoms with Gasteiger partial charge in [0.2, 0.25) is 0 Å². The first-order valence-electron chi connectivity index (χ1n) is 10.9. The first kappa shape index (κ1) is 20.9. The number of benzene rings is 2. The zero-order valence-corrected chi connectivity index (χ0v) is 18.1. The van der Waals surface area contributed by atoms with Crippen LogP contribution in [0.15, 0.2) is 70.9 Å². The van der Waals surface area contributed by atoms with Crippen molar-refractivity contribution in [1.29, 1.82) is 0 Å². The lowest BCUT2D eigenvalue weighted by atomic mass is 9.94.